The van der Waals surface area contributed by atoms with Crippen molar-refractivity contribution in [2.24, 2.45) is 0 Å². The summed E-state index contributed by atoms with van der Waals surface area (Å²) in [6.07, 6.45) is 0. The highest BCUT2D eigenvalue weighted by molar-refractivity contribution is 7.09. The highest BCUT2D eigenvalue weighted by Gasteiger charge is 2.24. The van der Waals surface area contributed by atoms with Crippen molar-refractivity contribution in [3.8, 4) is 0 Å². The molecular formula is C17H20N2O6S. The molecule has 2 rings (SSSR count). The molecule has 2 aromatic rings. The second kappa shape index (κ2) is 8.72. The molecule has 0 unspecified atom stereocenters. The van der Waals surface area contributed by atoms with Crippen LogP contribution in [0.3, 0.4) is 0 Å². The molecule has 0 aliphatic heterocycles. The third-order valence-electron chi connectivity index (χ3n) is 3.56. The van der Waals surface area contributed by atoms with E-state index in [1.54, 1.807) is 26.2 Å². The average Bonchev–Trinajstić information content (AvgIpc) is 3.17. The van der Waals surface area contributed by atoms with Crippen molar-refractivity contribution in [2.75, 3.05) is 20.3 Å². The number of esters is 2. The van der Waals surface area contributed by atoms with Crippen LogP contribution in [0.15, 0.2) is 5.38 Å². The molecular weight excluding hydrogens is 360 g/mol. The molecule has 9 heteroatoms. The van der Waals surface area contributed by atoms with Crippen LogP contribution in [-0.2, 0) is 20.8 Å². The van der Waals surface area contributed by atoms with Gasteiger partial charge in [-0.2, -0.15) is 0 Å². The molecule has 0 spiro atoms. The van der Waals surface area contributed by atoms with E-state index in [1.165, 1.54) is 18.4 Å². The van der Waals surface area contributed by atoms with Gasteiger partial charge >= 0.3 is 11.9 Å². The van der Waals surface area contributed by atoms with Crippen molar-refractivity contribution >= 4 is 29.1 Å². The summed E-state index contributed by atoms with van der Waals surface area (Å²) in [5.74, 6) is -1.63. The topological polar surface area (TPSA) is 108 Å². The number of aryl methyl sites for hydroxylation is 1. The number of hydrogen-bond donors (Lipinski definition) is 1. The molecule has 140 valence electrons. The van der Waals surface area contributed by atoms with Gasteiger partial charge in [0.25, 0.3) is 0 Å². The van der Waals surface area contributed by atoms with Gasteiger partial charge in [0.05, 0.1) is 13.2 Å². The summed E-state index contributed by atoms with van der Waals surface area (Å²) < 4.78 is 14.9. The molecule has 0 fully saturated rings. The maximum Gasteiger partial charge on any atom is 0.358 e. The first kappa shape index (κ1) is 19.8. The SMILES string of the molecule is CCOC(=O)c1[nH]c(C)c(C(=O)COC(=O)c2csc(COC)n2)c1C. The summed E-state index contributed by atoms with van der Waals surface area (Å²) in [4.78, 5) is 43.3. The number of ketones is 1. The summed E-state index contributed by atoms with van der Waals surface area (Å²) in [6, 6.07) is 0. The predicted octanol–water partition coefficient (Wildman–Crippen LogP) is 2.45. The Labute approximate surface area is 154 Å². The Morgan fingerprint density at radius 2 is 1.92 bits per heavy atom. The van der Waals surface area contributed by atoms with E-state index in [-0.39, 0.29) is 18.0 Å². The quantitative estimate of drug-likeness (QED) is 0.553. The van der Waals surface area contributed by atoms with E-state index in [9.17, 15) is 14.4 Å². The van der Waals surface area contributed by atoms with Crippen LogP contribution in [0.25, 0.3) is 0 Å². The molecule has 0 saturated carbocycles. The van der Waals surface area contributed by atoms with Crippen molar-refractivity contribution in [3.05, 3.63) is 38.6 Å². The maximum atomic E-state index is 12.4. The van der Waals surface area contributed by atoms with Gasteiger partial charge in [-0.05, 0) is 26.3 Å². The van der Waals surface area contributed by atoms with Crippen molar-refractivity contribution in [3.63, 3.8) is 0 Å². The fraction of sp³-hybridized carbons (Fsp3) is 0.412. The highest BCUT2D eigenvalue weighted by atomic mass is 32.1. The number of ether oxygens (including phenoxy) is 3. The lowest BCUT2D eigenvalue weighted by molar-refractivity contribution is 0.0467. The van der Waals surface area contributed by atoms with Crippen molar-refractivity contribution in [1.82, 2.24) is 9.97 Å². The van der Waals surface area contributed by atoms with Crippen molar-refractivity contribution in [1.29, 1.82) is 0 Å². The summed E-state index contributed by atoms with van der Waals surface area (Å²) in [6.45, 7) is 5.10. The van der Waals surface area contributed by atoms with E-state index in [1.807, 2.05) is 0 Å². The molecule has 0 bridgehead atoms. The summed E-state index contributed by atoms with van der Waals surface area (Å²) in [7, 11) is 1.53. The minimum atomic E-state index is -0.687. The normalized spacial score (nSPS) is 10.6. The highest BCUT2D eigenvalue weighted by Crippen LogP contribution is 2.20. The van der Waals surface area contributed by atoms with Crippen LogP contribution in [0.4, 0.5) is 0 Å². The smallest absolute Gasteiger partial charge is 0.358 e. The number of rotatable bonds is 8. The lowest BCUT2D eigenvalue weighted by Gasteiger charge is -2.04. The van der Waals surface area contributed by atoms with Gasteiger partial charge in [-0.1, -0.05) is 0 Å². The number of hydrogen-bond acceptors (Lipinski definition) is 8. The predicted molar refractivity (Wildman–Crippen MR) is 93.7 cm³/mol. The number of methoxy groups -OCH3 is 1. The van der Waals surface area contributed by atoms with Crippen LogP contribution in [0.1, 0.15) is 54.5 Å². The zero-order valence-electron chi connectivity index (χ0n) is 15.0. The summed E-state index contributed by atoms with van der Waals surface area (Å²) in [5, 5.41) is 2.19. The molecule has 0 atom stereocenters. The van der Waals surface area contributed by atoms with E-state index >= 15 is 0 Å². The van der Waals surface area contributed by atoms with Gasteiger partial charge in [-0.15, -0.1) is 11.3 Å². The van der Waals surface area contributed by atoms with Gasteiger partial charge in [-0.3, -0.25) is 4.79 Å². The van der Waals surface area contributed by atoms with E-state index in [4.69, 9.17) is 14.2 Å². The third-order valence-corrected chi connectivity index (χ3v) is 4.38. The fourth-order valence-electron chi connectivity index (χ4n) is 2.45. The first-order valence-electron chi connectivity index (χ1n) is 7.88. The van der Waals surface area contributed by atoms with E-state index < -0.39 is 24.3 Å². The number of thiazole rings is 1. The molecule has 0 amide bonds. The minimum Gasteiger partial charge on any atom is -0.461 e. The number of aromatic amines is 1. The number of nitrogens with one attached hydrogen (secondary N) is 1. The second-order valence-corrected chi connectivity index (χ2v) is 6.35. The molecule has 0 aliphatic rings. The molecule has 2 heterocycles. The van der Waals surface area contributed by atoms with Crippen molar-refractivity contribution in [2.45, 2.75) is 27.4 Å². The molecule has 26 heavy (non-hydrogen) atoms. The Bertz CT molecular complexity index is 823. The van der Waals surface area contributed by atoms with Crippen LogP contribution in [-0.4, -0.2) is 48.0 Å². The molecule has 0 aromatic carbocycles. The van der Waals surface area contributed by atoms with E-state index in [2.05, 4.69) is 9.97 Å². The molecule has 2 aromatic heterocycles. The average molecular weight is 380 g/mol. The summed E-state index contributed by atoms with van der Waals surface area (Å²) in [5.41, 5.74) is 1.66. The molecule has 1 N–H and O–H groups in total. The first-order chi connectivity index (χ1) is 12.4. The lowest BCUT2D eigenvalue weighted by atomic mass is 10.1. The molecule has 0 saturated heterocycles. The molecule has 0 radical (unpaired) electrons. The zero-order chi connectivity index (χ0) is 19.3. The number of carbonyl (C=O) groups is 3. The Kier molecular flexibility index (Phi) is 6.64. The van der Waals surface area contributed by atoms with Gasteiger partial charge in [0.2, 0.25) is 5.78 Å². The Morgan fingerprint density at radius 1 is 1.19 bits per heavy atom. The van der Waals surface area contributed by atoms with Gasteiger partial charge in [0.15, 0.2) is 12.3 Å². The largest absolute Gasteiger partial charge is 0.461 e. The Morgan fingerprint density at radius 3 is 2.58 bits per heavy atom. The van der Waals surface area contributed by atoms with Crippen LogP contribution >= 0.6 is 11.3 Å². The van der Waals surface area contributed by atoms with Gasteiger partial charge in [0, 0.05) is 23.7 Å². The Balaban J connectivity index is 2.05. The van der Waals surface area contributed by atoms with E-state index in [0.29, 0.717) is 28.4 Å². The maximum absolute atomic E-state index is 12.4. The second-order valence-electron chi connectivity index (χ2n) is 5.40. The van der Waals surface area contributed by atoms with Crippen molar-refractivity contribution < 1.29 is 28.6 Å². The minimum absolute atomic E-state index is 0.129. The first-order valence-corrected chi connectivity index (χ1v) is 8.76. The zero-order valence-corrected chi connectivity index (χ0v) is 15.8. The summed E-state index contributed by atoms with van der Waals surface area (Å²) >= 11 is 1.27. The van der Waals surface area contributed by atoms with Crippen LogP contribution < -0.4 is 0 Å². The molecule has 0 aliphatic carbocycles. The van der Waals surface area contributed by atoms with Crippen LogP contribution in [0.2, 0.25) is 0 Å². The van der Waals surface area contributed by atoms with E-state index in [0.717, 1.165) is 0 Å². The van der Waals surface area contributed by atoms with Gasteiger partial charge < -0.3 is 19.2 Å². The number of H-pyrrole nitrogens is 1. The fourth-order valence-corrected chi connectivity index (χ4v) is 3.18. The monoisotopic (exact) mass is 380 g/mol. The number of Topliss-reactive ketones (excluding diaryl/α,β-unsaturated/α-hetero) is 1. The number of aromatic nitrogens is 2. The van der Waals surface area contributed by atoms with Gasteiger partial charge in [0.1, 0.15) is 10.7 Å². The molecule has 8 nitrogen and oxygen atoms in total. The van der Waals surface area contributed by atoms with Gasteiger partial charge in [-0.25, -0.2) is 14.6 Å². The standard InChI is InChI=1S/C17H20N2O6S/c1-5-24-17(22)15-9(2)14(10(3)18-15)12(20)6-25-16(21)11-8-26-13(19-11)7-23-4/h8,18H,5-7H2,1-4H3. The third kappa shape index (κ3) is 4.36. The number of nitrogens with zero attached hydrogens (tertiary/aromatic N) is 1. The van der Waals surface area contributed by atoms with Crippen LogP contribution in [0.5, 0.6) is 0 Å². The van der Waals surface area contributed by atoms with Crippen LogP contribution in [0, 0.1) is 13.8 Å². The lowest BCUT2D eigenvalue weighted by Crippen LogP contribution is -2.16. The Hall–Kier alpha value is -2.52. The number of carbonyl (C=O) groups excluding carboxylic acids is 3.